The molecule has 356 valence electrons. The third kappa shape index (κ3) is 23.1. The summed E-state index contributed by atoms with van der Waals surface area (Å²) in [6.45, 7) is 6.59. The first kappa shape index (κ1) is 54.6. The topological polar surface area (TPSA) is 310 Å². The summed E-state index contributed by atoms with van der Waals surface area (Å²) >= 11 is 0. The highest BCUT2D eigenvalue weighted by atomic mass is 32.2. The third-order valence-corrected chi connectivity index (χ3v) is 10.7. The molecule has 4 N–H and O–H groups in total. The summed E-state index contributed by atoms with van der Waals surface area (Å²) in [5.41, 5.74) is 1.85. The summed E-state index contributed by atoms with van der Waals surface area (Å²) in [4.78, 5) is 44.9. The van der Waals surface area contributed by atoms with Crippen molar-refractivity contribution in [3.63, 3.8) is 0 Å². The maximum absolute atomic E-state index is 11.7. The smallest absolute Gasteiger partial charge is 0.327 e. The molecule has 0 saturated carbocycles. The molecule has 2 rings (SSSR count). The number of hydrogen-bond acceptors (Lipinski definition) is 18. The number of carboxylic acid groups (broad SMARTS) is 2. The Morgan fingerprint density at radius 1 is 0.460 bits per heavy atom. The minimum atomic E-state index is -4.93. The molecule has 0 aliphatic heterocycles. The largest absolute Gasteiger partial charge is 0.491 e. The Morgan fingerprint density at radius 2 is 0.714 bits per heavy atom. The van der Waals surface area contributed by atoms with E-state index in [-0.39, 0.29) is 71.5 Å². The van der Waals surface area contributed by atoms with Gasteiger partial charge in [0.15, 0.2) is 10.5 Å². The zero-order valence-electron chi connectivity index (χ0n) is 35.0. The zero-order valence-corrected chi connectivity index (χ0v) is 36.6. The van der Waals surface area contributed by atoms with Crippen LogP contribution in [-0.2, 0) is 82.7 Å². The van der Waals surface area contributed by atoms with Crippen LogP contribution in [0.3, 0.4) is 0 Å². The van der Waals surface area contributed by atoms with Crippen molar-refractivity contribution in [1.29, 1.82) is 0 Å². The van der Waals surface area contributed by atoms with Crippen LogP contribution in [-0.4, -0.2) is 176 Å². The Hall–Kier alpha value is -4.50. The van der Waals surface area contributed by atoms with E-state index < -0.39 is 67.5 Å². The molecule has 0 spiro atoms. The zero-order chi connectivity index (χ0) is 46.7. The number of benzene rings is 2. The van der Waals surface area contributed by atoms with Gasteiger partial charge in [-0.2, -0.15) is 16.8 Å². The molecule has 63 heavy (non-hydrogen) atoms. The first-order chi connectivity index (χ1) is 29.8. The molecular formula is C39H56O22S2. The Balaban J connectivity index is 1.50. The number of ether oxygens (including phenoxy) is 10. The van der Waals surface area contributed by atoms with Gasteiger partial charge in [0.2, 0.25) is 0 Å². The number of hydrogen-bond donors (Lipinski definition) is 4. The average molecular weight is 941 g/mol. The van der Waals surface area contributed by atoms with E-state index in [0.29, 0.717) is 51.1 Å². The van der Waals surface area contributed by atoms with E-state index in [4.69, 9.17) is 57.2 Å². The quantitative estimate of drug-likeness (QED) is 0.0426. The van der Waals surface area contributed by atoms with Crippen LogP contribution in [0, 0.1) is 0 Å². The summed E-state index contributed by atoms with van der Waals surface area (Å²) in [5, 5.41) is 13.0. The molecule has 0 fully saturated rings. The van der Waals surface area contributed by atoms with Gasteiger partial charge in [0.05, 0.1) is 92.1 Å². The van der Waals surface area contributed by atoms with Crippen molar-refractivity contribution in [1.82, 2.24) is 0 Å². The van der Waals surface area contributed by atoms with Crippen molar-refractivity contribution in [2.24, 2.45) is 0 Å². The molecule has 2 atom stereocenters. The second-order valence-electron chi connectivity index (χ2n) is 13.6. The number of carbonyl (C=O) groups excluding carboxylic acids is 2. The van der Waals surface area contributed by atoms with Gasteiger partial charge in [-0.05, 0) is 35.4 Å². The molecule has 0 radical (unpaired) electrons. The Labute approximate surface area is 365 Å². The molecule has 0 aliphatic rings. The van der Waals surface area contributed by atoms with Crippen LogP contribution < -0.4 is 9.47 Å². The summed E-state index contributed by atoms with van der Waals surface area (Å²) in [6.07, 6.45) is -2.25. The normalized spacial score (nSPS) is 12.9. The number of aliphatic carboxylic acids is 2. The van der Waals surface area contributed by atoms with Gasteiger partial charge in [0, 0.05) is 5.41 Å². The van der Waals surface area contributed by atoms with Gasteiger partial charge in [-0.15, -0.1) is 0 Å². The van der Waals surface area contributed by atoms with Crippen molar-refractivity contribution in [3.05, 3.63) is 59.7 Å². The van der Waals surface area contributed by atoms with E-state index in [1.54, 1.807) is 0 Å². The van der Waals surface area contributed by atoms with Crippen molar-refractivity contribution in [3.8, 4) is 11.5 Å². The Morgan fingerprint density at radius 3 is 0.968 bits per heavy atom. The minimum Gasteiger partial charge on any atom is -0.491 e. The van der Waals surface area contributed by atoms with Crippen LogP contribution >= 0.6 is 0 Å². The molecule has 22 nitrogen and oxygen atoms in total. The first-order valence-electron chi connectivity index (χ1n) is 19.4. The minimum absolute atomic E-state index is 0.0930. The van der Waals surface area contributed by atoms with Crippen LogP contribution in [0.15, 0.2) is 48.5 Å². The lowest BCUT2D eigenvalue weighted by Gasteiger charge is -2.26. The fourth-order valence-electron chi connectivity index (χ4n) is 5.15. The lowest BCUT2D eigenvalue weighted by molar-refractivity contribution is -0.148. The lowest BCUT2D eigenvalue weighted by Crippen LogP contribution is -2.34. The van der Waals surface area contributed by atoms with Gasteiger partial charge >= 0.3 is 23.9 Å². The number of esters is 2. The van der Waals surface area contributed by atoms with E-state index in [1.807, 2.05) is 48.5 Å². The maximum atomic E-state index is 11.7. The summed E-state index contributed by atoms with van der Waals surface area (Å²) in [5.74, 6) is -4.56. The lowest BCUT2D eigenvalue weighted by atomic mass is 9.78. The van der Waals surface area contributed by atoms with Crippen molar-refractivity contribution in [2.45, 2.75) is 42.6 Å². The van der Waals surface area contributed by atoms with Gasteiger partial charge in [-0.25, -0.2) is 0 Å². The van der Waals surface area contributed by atoms with Crippen LogP contribution in [0.4, 0.5) is 0 Å². The van der Waals surface area contributed by atoms with Gasteiger partial charge in [0.1, 0.15) is 37.9 Å². The van der Waals surface area contributed by atoms with Crippen LogP contribution in [0.5, 0.6) is 11.5 Å². The predicted octanol–water partition coefficient (Wildman–Crippen LogP) is 1.42. The summed E-state index contributed by atoms with van der Waals surface area (Å²) in [7, 11) is -9.86. The number of carbonyl (C=O) groups is 4. The number of rotatable bonds is 36. The molecule has 0 amide bonds. The Kier molecular flexibility index (Phi) is 25.2. The molecule has 0 saturated heterocycles. The third-order valence-electron chi connectivity index (χ3n) is 8.54. The monoisotopic (exact) mass is 940 g/mol. The standard InChI is InChI=1S/C39H56O22S2/c1-39(2,29-3-7-31(8-4-29)58-23-19-54-15-11-52-13-17-56-21-25-60-37(44)33(27-35(40)41)62(46,47)48)30-5-9-32(10-6-30)59-24-20-55-16-12-53-14-18-57-22-26-61-38(45)34(28-36(42)43)63(49,50)51/h3-10,33-34H,11-28H2,1-2H3,(H,40,41)(H,42,43)(H,46,47,48)(H,49,50,51). The van der Waals surface area contributed by atoms with Crippen LogP contribution in [0.1, 0.15) is 37.8 Å². The van der Waals surface area contributed by atoms with E-state index >= 15 is 0 Å². The Bertz CT molecular complexity index is 1750. The number of carboxylic acids is 2. The molecule has 2 aromatic carbocycles. The van der Waals surface area contributed by atoms with Crippen molar-refractivity contribution >= 4 is 44.1 Å². The van der Waals surface area contributed by atoms with Gasteiger partial charge in [-0.3, -0.25) is 28.3 Å². The fraction of sp³-hybridized carbons (Fsp3) is 0.590. The average Bonchev–Trinajstić information content (AvgIpc) is 3.21. The van der Waals surface area contributed by atoms with E-state index in [1.165, 1.54) is 0 Å². The second-order valence-corrected chi connectivity index (χ2v) is 16.8. The van der Waals surface area contributed by atoms with Gasteiger partial charge < -0.3 is 57.6 Å². The summed E-state index contributed by atoms with van der Waals surface area (Å²) in [6, 6.07) is 15.6. The highest BCUT2D eigenvalue weighted by molar-refractivity contribution is 7.87. The second kappa shape index (κ2) is 29.0. The molecular weight excluding hydrogens is 885 g/mol. The molecule has 2 unspecified atom stereocenters. The first-order valence-corrected chi connectivity index (χ1v) is 22.5. The highest BCUT2D eigenvalue weighted by Gasteiger charge is 2.36. The fourth-order valence-corrected chi connectivity index (χ4v) is 6.48. The predicted molar refractivity (Wildman–Crippen MR) is 218 cm³/mol. The maximum Gasteiger partial charge on any atom is 0.327 e. The van der Waals surface area contributed by atoms with Gasteiger partial charge in [-0.1, -0.05) is 38.1 Å². The van der Waals surface area contributed by atoms with Crippen molar-refractivity contribution < 1.29 is 103 Å². The van der Waals surface area contributed by atoms with Crippen LogP contribution in [0.25, 0.3) is 0 Å². The van der Waals surface area contributed by atoms with Crippen LogP contribution in [0.2, 0.25) is 0 Å². The highest BCUT2D eigenvalue weighted by Crippen LogP contribution is 2.33. The van der Waals surface area contributed by atoms with Gasteiger partial charge in [0.25, 0.3) is 20.2 Å². The van der Waals surface area contributed by atoms with Crippen molar-refractivity contribution in [2.75, 3.05) is 106 Å². The molecule has 2 aromatic rings. The van der Waals surface area contributed by atoms with E-state index in [9.17, 15) is 36.0 Å². The van der Waals surface area contributed by atoms with E-state index in [2.05, 4.69) is 23.3 Å². The molecule has 24 heteroatoms. The molecule has 0 heterocycles. The molecule has 0 aromatic heterocycles. The molecule has 0 bridgehead atoms. The SMILES string of the molecule is CC(C)(c1ccc(OCCOCCOCCOCCOC(=O)C(CC(=O)O)S(=O)(=O)O)cc1)c1ccc(OCCOCCOCCOCCOC(=O)C(CC(=O)O)S(=O)(=O)O)cc1. The van der Waals surface area contributed by atoms with E-state index in [0.717, 1.165) is 11.1 Å². The summed E-state index contributed by atoms with van der Waals surface area (Å²) < 4.78 is 116. The molecule has 0 aliphatic carbocycles.